The van der Waals surface area contributed by atoms with Crippen molar-refractivity contribution in [3.63, 3.8) is 0 Å². The van der Waals surface area contributed by atoms with Crippen LogP contribution in [-0.4, -0.2) is 10.7 Å². The third-order valence-corrected chi connectivity index (χ3v) is 10.1. The molecule has 0 radical (unpaired) electrons. The van der Waals surface area contributed by atoms with E-state index in [9.17, 15) is 0 Å². The molecule has 0 amide bonds. The van der Waals surface area contributed by atoms with Gasteiger partial charge in [-0.15, -0.1) is 0 Å². The van der Waals surface area contributed by atoms with Gasteiger partial charge in [0.05, 0.1) is 12.2 Å². The first-order chi connectivity index (χ1) is 13.5. The largest absolute Gasteiger partial charge is 0.287 e. The van der Waals surface area contributed by atoms with Gasteiger partial charge in [0.25, 0.3) is 0 Å². The molecule has 0 unspecified atom stereocenters. The molecule has 2 heteroatoms. The lowest BCUT2D eigenvalue weighted by Crippen LogP contribution is -2.50. The van der Waals surface area contributed by atoms with Crippen LogP contribution in [0.3, 0.4) is 0 Å². The Hall–Kier alpha value is -1.44. The molecule has 7 atom stereocenters. The summed E-state index contributed by atoms with van der Waals surface area (Å²) in [5.41, 5.74) is 5.40. The zero-order valence-electron chi connectivity index (χ0n) is 17.7. The van der Waals surface area contributed by atoms with Crippen LogP contribution in [-0.2, 0) is 6.54 Å². The molecular formula is C26H34N2. The highest BCUT2D eigenvalue weighted by Crippen LogP contribution is 2.79. The molecule has 0 N–H and O–H groups in total. The fraction of sp³-hybridized carbons (Fsp3) is 0.692. The Bertz CT molecular complexity index is 884. The van der Waals surface area contributed by atoms with Gasteiger partial charge in [-0.25, -0.2) is 0 Å². The second-order valence-electron chi connectivity index (χ2n) is 11.1. The summed E-state index contributed by atoms with van der Waals surface area (Å²) in [4.78, 5) is 9.70. The summed E-state index contributed by atoms with van der Waals surface area (Å²) in [6.45, 7) is 8.10. The molecule has 0 bridgehead atoms. The van der Waals surface area contributed by atoms with Crippen LogP contribution in [0.15, 0.2) is 35.5 Å². The Kier molecular flexibility index (Phi) is 3.47. The molecule has 5 aliphatic carbocycles. The maximum atomic E-state index is 5.16. The van der Waals surface area contributed by atoms with E-state index in [0.29, 0.717) is 16.2 Å². The SMILES string of the molecule is Cc1ccnc(CN=C2CC[C@H]3[C@@H]4C=C[C@]56C[C@H]5CC[C@]6(C)[C@H]4CC[C@]23C)c1. The topological polar surface area (TPSA) is 25.2 Å². The molecule has 148 valence electrons. The van der Waals surface area contributed by atoms with E-state index in [0.717, 1.165) is 35.9 Å². The smallest absolute Gasteiger partial charge is 0.0811 e. The fourth-order valence-corrected chi connectivity index (χ4v) is 8.44. The summed E-state index contributed by atoms with van der Waals surface area (Å²) in [5, 5.41) is 0. The minimum absolute atomic E-state index is 0.317. The summed E-state index contributed by atoms with van der Waals surface area (Å²) >= 11 is 0. The van der Waals surface area contributed by atoms with Crippen molar-refractivity contribution in [1.82, 2.24) is 4.98 Å². The van der Waals surface area contributed by atoms with Crippen molar-refractivity contribution >= 4 is 5.71 Å². The standard InChI is InChI=1S/C26H34N2/c1-17-9-13-27-19(14-17)16-28-23-5-4-21-20-7-12-26-15-18(26)6-11-25(26,3)22(20)8-10-24(21,23)2/h7,9,12-14,18,20-22H,4-6,8,10-11,15-16H2,1-3H3/t18-,20+,21+,22+,24+,25-,26+/m1/s1. The van der Waals surface area contributed by atoms with E-state index >= 15 is 0 Å². The molecule has 0 aromatic carbocycles. The number of hydrogen-bond acceptors (Lipinski definition) is 2. The van der Waals surface area contributed by atoms with E-state index in [1.807, 2.05) is 6.20 Å². The zero-order valence-corrected chi connectivity index (χ0v) is 17.7. The Morgan fingerprint density at radius 1 is 1.14 bits per heavy atom. The number of aliphatic imine (C=N–C) groups is 1. The molecule has 0 saturated heterocycles. The van der Waals surface area contributed by atoms with Crippen LogP contribution in [0.2, 0.25) is 0 Å². The van der Waals surface area contributed by atoms with Gasteiger partial charge in [-0.3, -0.25) is 9.98 Å². The van der Waals surface area contributed by atoms with Crippen molar-refractivity contribution in [2.24, 2.45) is 44.9 Å². The van der Waals surface area contributed by atoms with Gasteiger partial charge in [0.1, 0.15) is 0 Å². The molecule has 5 aliphatic rings. The van der Waals surface area contributed by atoms with Crippen molar-refractivity contribution in [3.8, 4) is 0 Å². The average molecular weight is 375 g/mol. The summed E-state index contributed by atoms with van der Waals surface area (Å²) in [5.74, 6) is 3.53. The number of nitrogens with zero attached hydrogens (tertiary/aromatic N) is 2. The zero-order chi connectivity index (χ0) is 19.1. The van der Waals surface area contributed by atoms with Crippen LogP contribution in [0.5, 0.6) is 0 Å². The lowest BCUT2D eigenvalue weighted by molar-refractivity contribution is -0.0165. The van der Waals surface area contributed by atoms with Gasteiger partial charge in [-0.1, -0.05) is 26.0 Å². The van der Waals surface area contributed by atoms with Crippen molar-refractivity contribution < 1.29 is 0 Å². The second kappa shape index (κ2) is 5.58. The van der Waals surface area contributed by atoms with E-state index in [1.54, 1.807) is 0 Å². The molecule has 1 aromatic rings. The van der Waals surface area contributed by atoms with Crippen LogP contribution < -0.4 is 0 Å². The fourth-order valence-electron chi connectivity index (χ4n) is 8.44. The van der Waals surface area contributed by atoms with Gasteiger partial charge >= 0.3 is 0 Å². The van der Waals surface area contributed by atoms with E-state index in [1.165, 1.54) is 56.2 Å². The van der Waals surface area contributed by atoms with E-state index in [2.05, 4.69) is 50.0 Å². The van der Waals surface area contributed by atoms with E-state index in [4.69, 9.17) is 4.99 Å². The molecule has 0 aliphatic heterocycles. The number of allylic oxidation sites excluding steroid dienone is 2. The van der Waals surface area contributed by atoms with Crippen LogP contribution in [0.25, 0.3) is 0 Å². The van der Waals surface area contributed by atoms with Crippen molar-refractivity contribution in [3.05, 3.63) is 41.7 Å². The minimum atomic E-state index is 0.317. The van der Waals surface area contributed by atoms with Gasteiger partial charge in [0.15, 0.2) is 0 Å². The number of fused-ring (bicyclic) bond motifs is 4. The highest BCUT2D eigenvalue weighted by Gasteiger charge is 2.72. The van der Waals surface area contributed by atoms with Gasteiger partial charge < -0.3 is 0 Å². The first-order valence-electron chi connectivity index (χ1n) is 11.6. The van der Waals surface area contributed by atoms with Crippen LogP contribution in [0.1, 0.15) is 70.1 Å². The van der Waals surface area contributed by atoms with E-state index < -0.39 is 0 Å². The highest BCUT2D eigenvalue weighted by atomic mass is 14.8. The van der Waals surface area contributed by atoms with Gasteiger partial charge in [0, 0.05) is 17.3 Å². The molecule has 1 aromatic heterocycles. The Balaban J connectivity index is 1.29. The monoisotopic (exact) mass is 374 g/mol. The number of rotatable bonds is 2. The number of pyridine rings is 1. The van der Waals surface area contributed by atoms with Crippen molar-refractivity contribution in [1.29, 1.82) is 0 Å². The lowest BCUT2D eigenvalue weighted by Gasteiger charge is -2.55. The number of aromatic nitrogens is 1. The van der Waals surface area contributed by atoms with Crippen LogP contribution >= 0.6 is 0 Å². The van der Waals surface area contributed by atoms with Crippen molar-refractivity contribution in [2.75, 3.05) is 0 Å². The average Bonchev–Trinajstić information content (AvgIpc) is 3.17. The van der Waals surface area contributed by atoms with Crippen LogP contribution in [0.4, 0.5) is 0 Å². The predicted octanol–water partition coefficient (Wildman–Crippen LogP) is 6.15. The van der Waals surface area contributed by atoms with Crippen LogP contribution in [0, 0.1) is 46.8 Å². The minimum Gasteiger partial charge on any atom is -0.287 e. The molecular weight excluding hydrogens is 340 g/mol. The van der Waals surface area contributed by atoms with Gasteiger partial charge in [-0.05, 0) is 104 Å². The lowest BCUT2D eigenvalue weighted by atomic mass is 9.49. The molecule has 1 heterocycles. The summed E-state index contributed by atoms with van der Waals surface area (Å²) in [7, 11) is 0. The molecule has 4 saturated carbocycles. The Morgan fingerprint density at radius 2 is 2.04 bits per heavy atom. The maximum absolute atomic E-state index is 5.16. The molecule has 4 fully saturated rings. The van der Waals surface area contributed by atoms with Gasteiger partial charge in [-0.2, -0.15) is 0 Å². The van der Waals surface area contributed by atoms with Gasteiger partial charge in [0.2, 0.25) is 0 Å². The third kappa shape index (κ3) is 2.10. The summed E-state index contributed by atoms with van der Waals surface area (Å²) in [6, 6.07) is 4.26. The molecule has 1 spiro atoms. The third-order valence-electron chi connectivity index (χ3n) is 10.1. The Morgan fingerprint density at radius 3 is 2.86 bits per heavy atom. The molecule has 6 rings (SSSR count). The number of aryl methyl sites for hydroxylation is 1. The highest BCUT2D eigenvalue weighted by molar-refractivity contribution is 5.92. The van der Waals surface area contributed by atoms with E-state index in [-0.39, 0.29) is 0 Å². The second-order valence-corrected chi connectivity index (χ2v) is 11.1. The first-order valence-corrected chi connectivity index (χ1v) is 11.6. The summed E-state index contributed by atoms with van der Waals surface area (Å²) in [6.07, 6.45) is 17.1. The normalized spacial score (nSPS) is 49.5. The first kappa shape index (κ1) is 17.4. The number of hydrogen-bond donors (Lipinski definition) is 0. The molecule has 28 heavy (non-hydrogen) atoms. The Labute approximate surface area is 169 Å². The quantitative estimate of drug-likeness (QED) is 0.570. The predicted molar refractivity (Wildman–Crippen MR) is 114 cm³/mol. The molecule has 2 nitrogen and oxygen atoms in total. The maximum Gasteiger partial charge on any atom is 0.0811 e. The summed E-state index contributed by atoms with van der Waals surface area (Å²) < 4.78 is 0. The van der Waals surface area contributed by atoms with Crippen molar-refractivity contribution in [2.45, 2.75) is 72.3 Å².